The van der Waals surface area contributed by atoms with Crippen molar-refractivity contribution in [3.8, 4) is 5.75 Å². The van der Waals surface area contributed by atoms with Gasteiger partial charge in [0.25, 0.3) is 0 Å². The lowest BCUT2D eigenvalue weighted by Gasteiger charge is -2.37. The van der Waals surface area contributed by atoms with E-state index in [0.29, 0.717) is 15.9 Å². The Morgan fingerprint density at radius 1 is 0.974 bits per heavy atom. The monoisotopic (exact) mass is 535 g/mol. The van der Waals surface area contributed by atoms with Crippen molar-refractivity contribution in [2.24, 2.45) is 0 Å². The molecule has 8 nitrogen and oxygen atoms in total. The fraction of sp³-hybridized carbons (Fsp3) is 0.241. The molecule has 0 saturated carbocycles. The number of halogens is 2. The highest BCUT2D eigenvalue weighted by Gasteiger charge is 2.60. The first kappa shape index (κ1) is 26.5. The molecular formula is C29H27F2N3O5. The van der Waals surface area contributed by atoms with Gasteiger partial charge in [0.1, 0.15) is 23.3 Å². The third-order valence-electron chi connectivity index (χ3n) is 6.80. The van der Waals surface area contributed by atoms with Crippen LogP contribution in [0.1, 0.15) is 22.9 Å². The number of aliphatic hydroxyl groups is 1. The highest BCUT2D eigenvalue weighted by molar-refractivity contribution is 5.48. The summed E-state index contributed by atoms with van der Waals surface area (Å²) in [5.41, 5.74) is 5.39. The van der Waals surface area contributed by atoms with Crippen LogP contribution in [-0.4, -0.2) is 46.5 Å². The van der Waals surface area contributed by atoms with Crippen LogP contribution in [0, 0.1) is 0 Å². The van der Waals surface area contributed by atoms with E-state index in [2.05, 4.69) is 4.98 Å². The molecule has 1 fully saturated rings. The molecule has 5 rings (SSSR count). The van der Waals surface area contributed by atoms with E-state index in [1.54, 1.807) is 19.2 Å². The van der Waals surface area contributed by atoms with Gasteiger partial charge in [-0.1, -0.05) is 72.8 Å². The average Bonchev–Trinajstić information content (AvgIpc) is 3.18. The Kier molecular flexibility index (Phi) is 7.17. The minimum atomic E-state index is -3.81. The summed E-state index contributed by atoms with van der Waals surface area (Å²) in [6, 6.07) is 27.1. The van der Waals surface area contributed by atoms with Crippen LogP contribution in [0.4, 0.5) is 14.6 Å². The van der Waals surface area contributed by atoms with Crippen molar-refractivity contribution in [1.82, 2.24) is 9.55 Å². The van der Waals surface area contributed by atoms with Gasteiger partial charge in [0, 0.05) is 6.20 Å². The summed E-state index contributed by atoms with van der Waals surface area (Å²) in [6.07, 6.45) is -4.76. The number of rotatable bonds is 8. The standard InChI is InChI=1S/C29H27F2N3O5/c1-37-22-14-12-21(13-15-22)28(19-8-4-2-5-9-19,20-10-6-3-7-11-20)38-18-23-25(35)29(30,31)26(39-23)34-17-16-24(32)33-27(34)36/h2-17,23,25-26,35H,18H2,1H3,(H2,32,33,36)/t23-,25+,26-/m1/s1. The lowest BCUT2D eigenvalue weighted by molar-refractivity contribution is -0.141. The van der Waals surface area contributed by atoms with Gasteiger partial charge >= 0.3 is 11.6 Å². The Bertz CT molecular complexity index is 1430. The van der Waals surface area contributed by atoms with E-state index in [-0.39, 0.29) is 5.82 Å². The average molecular weight is 536 g/mol. The van der Waals surface area contributed by atoms with Gasteiger partial charge < -0.3 is 25.1 Å². The first-order valence-electron chi connectivity index (χ1n) is 12.2. The van der Waals surface area contributed by atoms with Crippen molar-refractivity contribution in [2.45, 2.75) is 30.0 Å². The SMILES string of the molecule is COc1ccc(C(OC[C@H]2O[C@@H](n3ccc(N)nc3=O)C(F)(F)[C@H]2O)(c2ccccc2)c2ccccc2)cc1. The number of nitrogen functional groups attached to an aromatic ring is 1. The number of aromatic nitrogens is 2. The number of ether oxygens (including phenoxy) is 3. The van der Waals surface area contributed by atoms with Crippen molar-refractivity contribution < 1.29 is 28.1 Å². The van der Waals surface area contributed by atoms with Crippen LogP contribution in [0.25, 0.3) is 0 Å². The van der Waals surface area contributed by atoms with Gasteiger partial charge in [-0.3, -0.25) is 4.57 Å². The Balaban J connectivity index is 1.56. The second-order valence-corrected chi connectivity index (χ2v) is 9.14. The zero-order chi connectivity index (χ0) is 27.6. The van der Waals surface area contributed by atoms with E-state index in [4.69, 9.17) is 19.9 Å². The maximum atomic E-state index is 15.2. The van der Waals surface area contributed by atoms with Gasteiger partial charge in [0.2, 0.25) is 6.23 Å². The van der Waals surface area contributed by atoms with Crippen LogP contribution in [0.5, 0.6) is 5.75 Å². The number of hydrogen-bond acceptors (Lipinski definition) is 7. The number of aliphatic hydroxyl groups excluding tert-OH is 1. The summed E-state index contributed by atoms with van der Waals surface area (Å²) in [4.78, 5) is 15.8. The molecule has 3 aromatic carbocycles. The molecule has 1 aliphatic heterocycles. The van der Waals surface area contributed by atoms with Crippen molar-refractivity contribution in [3.63, 3.8) is 0 Å². The quantitative estimate of drug-likeness (QED) is 0.331. The van der Waals surface area contributed by atoms with Gasteiger partial charge in [-0.05, 0) is 34.9 Å². The second kappa shape index (κ2) is 10.6. The predicted octanol–water partition coefficient (Wildman–Crippen LogP) is 3.74. The summed E-state index contributed by atoms with van der Waals surface area (Å²) in [5, 5.41) is 10.6. The van der Waals surface area contributed by atoms with Crippen LogP contribution < -0.4 is 16.2 Å². The van der Waals surface area contributed by atoms with Crippen LogP contribution in [0.15, 0.2) is 102 Å². The number of methoxy groups -OCH3 is 1. The normalized spacial score (nSPS) is 20.6. The number of anilines is 1. The van der Waals surface area contributed by atoms with Crippen LogP contribution in [0.3, 0.4) is 0 Å². The second-order valence-electron chi connectivity index (χ2n) is 9.14. The summed E-state index contributed by atoms with van der Waals surface area (Å²) in [6.45, 7) is -0.430. The molecule has 202 valence electrons. The molecule has 39 heavy (non-hydrogen) atoms. The van der Waals surface area contributed by atoms with E-state index < -0.39 is 42.3 Å². The number of nitrogens with zero attached hydrogens (tertiary/aromatic N) is 2. The number of hydrogen-bond donors (Lipinski definition) is 2. The van der Waals surface area contributed by atoms with Gasteiger partial charge in [0.15, 0.2) is 6.10 Å². The molecule has 1 aliphatic rings. The Labute approximate surface area is 223 Å². The molecule has 3 atom stereocenters. The highest BCUT2D eigenvalue weighted by Crippen LogP contribution is 2.45. The van der Waals surface area contributed by atoms with Crippen LogP contribution >= 0.6 is 0 Å². The Hall–Kier alpha value is -4.12. The molecule has 0 unspecified atom stereocenters. The zero-order valence-corrected chi connectivity index (χ0v) is 21.0. The molecule has 0 aliphatic carbocycles. The summed E-state index contributed by atoms with van der Waals surface area (Å²) in [7, 11) is 1.56. The molecule has 2 heterocycles. The molecule has 1 saturated heterocycles. The van der Waals surface area contributed by atoms with Gasteiger partial charge in [-0.2, -0.15) is 13.8 Å². The highest BCUT2D eigenvalue weighted by atomic mass is 19.3. The first-order chi connectivity index (χ1) is 18.8. The minimum absolute atomic E-state index is 0.118. The fourth-order valence-electron chi connectivity index (χ4n) is 4.84. The number of benzene rings is 3. The fourth-order valence-corrected chi connectivity index (χ4v) is 4.84. The van der Waals surface area contributed by atoms with E-state index >= 15 is 8.78 Å². The minimum Gasteiger partial charge on any atom is -0.497 e. The first-order valence-corrected chi connectivity index (χ1v) is 12.2. The summed E-state index contributed by atoms with van der Waals surface area (Å²) in [5.74, 6) is -3.29. The maximum Gasteiger partial charge on any atom is 0.351 e. The number of nitrogens with two attached hydrogens (primary N) is 1. The molecule has 4 aromatic rings. The topological polar surface area (TPSA) is 109 Å². The molecule has 1 aromatic heterocycles. The smallest absolute Gasteiger partial charge is 0.351 e. The third-order valence-corrected chi connectivity index (χ3v) is 6.80. The van der Waals surface area contributed by atoms with Crippen LogP contribution in [-0.2, 0) is 15.1 Å². The molecule has 0 spiro atoms. The summed E-state index contributed by atoms with van der Waals surface area (Å²) < 4.78 is 48.5. The molecule has 3 N–H and O–H groups in total. The van der Waals surface area contributed by atoms with E-state index in [0.717, 1.165) is 17.3 Å². The lowest BCUT2D eigenvalue weighted by Crippen LogP contribution is -2.43. The third kappa shape index (κ3) is 4.78. The maximum absolute atomic E-state index is 15.2. The molecular weight excluding hydrogens is 508 g/mol. The van der Waals surface area contributed by atoms with Gasteiger partial charge in [0.05, 0.1) is 13.7 Å². The van der Waals surface area contributed by atoms with Gasteiger partial charge in [-0.15, -0.1) is 0 Å². The Morgan fingerprint density at radius 2 is 1.54 bits per heavy atom. The van der Waals surface area contributed by atoms with Crippen LogP contribution in [0.2, 0.25) is 0 Å². The van der Waals surface area contributed by atoms with Crippen molar-refractivity contribution in [2.75, 3.05) is 19.5 Å². The zero-order valence-electron chi connectivity index (χ0n) is 21.0. The molecule has 10 heteroatoms. The molecule has 0 bridgehead atoms. The lowest BCUT2D eigenvalue weighted by atomic mass is 9.80. The van der Waals surface area contributed by atoms with Crippen molar-refractivity contribution in [3.05, 3.63) is 124 Å². The van der Waals surface area contributed by atoms with E-state index in [1.807, 2.05) is 72.8 Å². The number of alkyl halides is 2. The molecule has 0 radical (unpaired) electrons. The summed E-state index contributed by atoms with van der Waals surface area (Å²) >= 11 is 0. The largest absolute Gasteiger partial charge is 0.497 e. The Morgan fingerprint density at radius 3 is 2.08 bits per heavy atom. The predicted molar refractivity (Wildman–Crippen MR) is 139 cm³/mol. The van der Waals surface area contributed by atoms with Crippen molar-refractivity contribution >= 4 is 5.82 Å². The van der Waals surface area contributed by atoms with E-state index in [9.17, 15) is 9.90 Å². The van der Waals surface area contributed by atoms with E-state index in [1.165, 1.54) is 6.07 Å². The molecule has 0 amide bonds. The van der Waals surface area contributed by atoms with Gasteiger partial charge in [-0.25, -0.2) is 4.79 Å². The van der Waals surface area contributed by atoms with Crippen molar-refractivity contribution in [1.29, 1.82) is 0 Å².